The molecule has 0 bridgehead atoms. The number of nitrogens with one attached hydrogen (secondary N) is 2. The normalized spacial score (nSPS) is 17.4. The molecule has 0 aliphatic carbocycles. The summed E-state index contributed by atoms with van der Waals surface area (Å²) >= 11 is 8.71. The second-order valence-electron chi connectivity index (χ2n) is 5.09. The predicted molar refractivity (Wildman–Crippen MR) is 96.3 cm³/mol. The summed E-state index contributed by atoms with van der Waals surface area (Å²) in [5.74, 6) is 0.308. The van der Waals surface area contributed by atoms with Crippen molar-refractivity contribution < 1.29 is 14.3 Å². The lowest BCUT2D eigenvalue weighted by molar-refractivity contribution is -0.136. The molecular formula is C16H19BrN2O3S. The molecule has 0 unspecified atom stereocenters. The third-order valence-electron chi connectivity index (χ3n) is 3.42. The van der Waals surface area contributed by atoms with Gasteiger partial charge in [-0.3, -0.25) is 0 Å². The van der Waals surface area contributed by atoms with Gasteiger partial charge in [0.2, 0.25) is 0 Å². The number of thiocarbonyl (C=S) groups is 1. The molecule has 0 saturated carbocycles. The lowest BCUT2D eigenvalue weighted by Crippen LogP contribution is -2.45. The zero-order chi connectivity index (χ0) is 17.0. The number of hydrogen-bond donors (Lipinski definition) is 2. The van der Waals surface area contributed by atoms with Gasteiger partial charge in [0.05, 0.1) is 25.3 Å². The fraction of sp³-hybridized carbons (Fsp3) is 0.375. The van der Waals surface area contributed by atoms with Crippen LogP contribution in [0.4, 0.5) is 0 Å². The average Bonchev–Trinajstić information content (AvgIpc) is 2.52. The number of esters is 1. The van der Waals surface area contributed by atoms with Gasteiger partial charge in [0.25, 0.3) is 0 Å². The number of rotatable bonds is 5. The molecule has 0 spiro atoms. The van der Waals surface area contributed by atoms with Crippen LogP contribution in [0.2, 0.25) is 0 Å². The van der Waals surface area contributed by atoms with Crippen molar-refractivity contribution in [2.45, 2.75) is 26.3 Å². The number of methoxy groups -OCH3 is 1. The Balaban J connectivity index is 2.52. The van der Waals surface area contributed by atoms with E-state index in [2.05, 4.69) is 26.6 Å². The smallest absolute Gasteiger partial charge is 0.337 e. The maximum Gasteiger partial charge on any atom is 0.337 e. The summed E-state index contributed by atoms with van der Waals surface area (Å²) in [5.41, 5.74) is 1.99. The van der Waals surface area contributed by atoms with Crippen molar-refractivity contribution in [3.63, 3.8) is 0 Å². The number of ether oxygens (including phenoxy) is 2. The molecule has 0 saturated heterocycles. The van der Waals surface area contributed by atoms with Gasteiger partial charge in [0.15, 0.2) is 5.11 Å². The number of allylic oxidation sites excluding steroid dienone is 1. The summed E-state index contributed by atoms with van der Waals surface area (Å²) in [6, 6.07) is 5.28. The van der Waals surface area contributed by atoms with Gasteiger partial charge in [-0.1, -0.05) is 22.9 Å². The molecule has 1 aromatic carbocycles. The number of halogens is 1. The molecule has 7 heteroatoms. The van der Waals surface area contributed by atoms with Crippen molar-refractivity contribution >= 4 is 39.2 Å². The standard InChI is InChI=1S/C16H19BrN2O3S/c1-4-7-22-12-6-5-10(17)8-11(12)14-13(15(20)21-3)9(2)18-16(23)19-14/h5-6,8,14H,4,7H2,1-3H3,(H2,18,19,23)/t14-/m1/s1. The third-order valence-corrected chi connectivity index (χ3v) is 4.13. The molecule has 2 N–H and O–H groups in total. The van der Waals surface area contributed by atoms with E-state index < -0.39 is 12.0 Å². The first-order valence-corrected chi connectivity index (χ1v) is 8.46. The van der Waals surface area contributed by atoms with Crippen LogP contribution < -0.4 is 15.4 Å². The van der Waals surface area contributed by atoms with Gasteiger partial charge in [0, 0.05) is 15.7 Å². The average molecular weight is 399 g/mol. The first-order chi connectivity index (χ1) is 11.0. The highest BCUT2D eigenvalue weighted by Crippen LogP contribution is 2.35. The molecule has 2 rings (SSSR count). The first-order valence-electron chi connectivity index (χ1n) is 7.26. The number of benzene rings is 1. The summed E-state index contributed by atoms with van der Waals surface area (Å²) in [7, 11) is 1.36. The molecule has 1 aliphatic heterocycles. The lowest BCUT2D eigenvalue weighted by atomic mass is 9.95. The minimum Gasteiger partial charge on any atom is -0.493 e. The minimum atomic E-state index is -0.430. The van der Waals surface area contributed by atoms with Gasteiger partial charge in [-0.2, -0.15) is 0 Å². The van der Waals surface area contributed by atoms with Crippen LogP contribution in [0.1, 0.15) is 31.9 Å². The van der Waals surface area contributed by atoms with Crippen molar-refractivity contribution in [2.24, 2.45) is 0 Å². The summed E-state index contributed by atoms with van der Waals surface area (Å²) in [6.07, 6.45) is 0.895. The van der Waals surface area contributed by atoms with Crippen LogP contribution in [0.3, 0.4) is 0 Å². The molecule has 124 valence electrons. The van der Waals surface area contributed by atoms with E-state index in [4.69, 9.17) is 21.7 Å². The fourth-order valence-electron chi connectivity index (χ4n) is 2.40. The Morgan fingerprint density at radius 3 is 2.83 bits per heavy atom. The van der Waals surface area contributed by atoms with Crippen LogP contribution >= 0.6 is 28.1 Å². The molecule has 1 aliphatic rings. The summed E-state index contributed by atoms with van der Waals surface area (Å²) in [5, 5.41) is 6.56. The van der Waals surface area contributed by atoms with Crippen molar-refractivity contribution in [1.82, 2.24) is 10.6 Å². The predicted octanol–water partition coefficient (Wildman–Crippen LogP) is 3.20. The van der Waals surface area contributed by atoms with Crippen molar-refractivity contribution in [3.05, 3.63) is 39.5 Å². The highest BCUT2D eigenvalue weighted by Gasteiger charge is 2.32. The molecule has 1 aromatic rings. The van der Waals surface area contributed by atoms with E-state index in [-0.39, 0.29) is 0 Å². The van der Waals surface area contributed by atoms with Crippen LogP contribution in [0, 0.1) is 0 Å². The van der Waals surface area contributed by atoms with E-state index in [1.54, 1.807) is 6.92 Å². The molecule has 0 fully saturated rings. The lowest BCUT2D eigenvalue weighted by Gasteiger charge is -2.30. The van der Waals surface area contributed by atoms with E-state index in [1.807, 2.05) is 25.1 Å². The van der Waals surface area contributed by atoms with E-state index in [1.165, 1.54) is 7.11 Å². The second-order valence-corrected chi connectivity index (χ2v) is 6.42. The Morgan fingerprint density at radius 1 is 1.43 bits per heavy atom. The van der Waals surface area contributed by atoms with Crippen molar-refractivity contribution in [1.29, 1.82) is 0 Å². The van der Waals surface area contributed by atoms with E-state index in [0.717, 1.165) is 16.5 Å². The van der Waals surface area contributed by atoms with Crippen LogP contribution in [0.25, 0.3) is 0 Å². The number of carbonyl (C=O) groups excluding carboxylic acids is 1. The molecule has 23 heavy (non-hydrogen) atoms. The van der Waals surface area contributed by atoms with Gasteiger partial charge < -0.3 is 20.1 Å². The first kappa shape index (κ1) is 17.7. The van der Waals surface area contributed by atoms with E-state index >= 15 is 0 Å². The van der Waals surface area contributed by atoms with Gasteiger partial charge in [-0.15, -0.1) is 0 Å². The molecule has 0 radical (unpaired) electrons. The topological polar surface area (TPSA) is 59.6 Å². The van der Waals surface area contributed by atoms with Crippen LogP contribution in [0.5, 0.6) is 5.75 Å². The zero-order valence-corrected chi connectivity index (χ0v) is 15.6. The highest BCUT2D eigenvalue weighted by molar-refractivity contribution is 9.10. The largest absolute Gasteiger partial charge is 0.493 e. The summed E-state index contributed by atoms with van der Waals surface area (Å²) < 4.78 is 11.6. The van der Waals surface area contributed by atoms with Gasteiger partial charge >= 0.3 is 5.97 Å². The van der Waals surface area contributed by atoms with E-state index in [9.17, 15) is 4.79 Å². The molecule has 1 atom stereocenters. The Kier molecular flexibility index (Phi) is 6.01. The van der Waals surface area contributed by atoms with Crippen molar-refractivity contribution in [3.8, 4) is 5.75 Å². The molecule has 1 heterocycles. The zero-order valence-electron chi connectivity index (χ0n) is 13.2. The maximum atomic E-state index is 12.2. The number of hydrogen-bond acceptors (Lipinski definition) is 4. The SMILES string of the molecule is CCCOc1ccc(Br)cc1[C@H]1NC(=S)NC(C)=C1C(=O)OC. The molecule has 0 amide bonds. The van der Waals surface area contributed by atoms with Gasteiger partial charge in [0.1, 0.15) is 5.75 Å². The van der Waals surface area contributed by atoms with Crippen LogP contribution in [-0.2, 0) is 9.53 Å². The number of carbonyl (C=O) groups is 1. The van der Waals surface area contributed by atoms with Crippen molar-refractivity contribution in [2.75, 3.05) is 13.7 Å². The summed E-state index contributed by atoms with van der Waals surface area (Å²) in [6.45, 7) is 4.44. The van der Waals surface area contributed by atoms with Gasteiger partial charge in [-0.25, -0.2) is 4.79 Å². The Bertz CT molecular complexity index is 661. The minimum absolute atomic E-state index is 0.406. The highest BCUT2D eigenvalue weighted by atomic mass is 79.9. The monoisotopic (exact) mass is 398 g/mol. The second kappa shape index (κ2) is 7.79. The Labute approximate surface area is 149 Å². The molecular weight excluding hydrogens is 380 g/mol. The molecule has 0 aromatic heterocycles. The Morgan fingerprint density at radius 2 is 2.17 bits per heavy atom. The Hall–Kier alpha value is -1.60. The third kappa shape index (κ3) is 4.03. The van der Waals surface area contributed by atoms with E-state index in [0.29, 0.717) is 28.7 Å². The summed E-state index contributed by atoms with van der Waals surface area (Å²) in [4.78, 5) is 12.2. The van der Waals surface area contributed by atoms with Crippen LogP contribution in [0.15, 0.2) is 33.9 Å². The molecule has 5 nitrogen and oxygen atoms in total. The van der Waals surface area contributed by atoms with Gasteiger partial charge in [-0.05, 0) is 43.8 Å². The maximum absolute atomic E-state index is 12.2. The fourth-order valence-corrected chi connectivity index (χ4v) is 3.05. The van der Waals surface area contributed by atoms with Crippen LogP contribution in [-0.4, -0.2) is 24.8 Å². The quantitative estimate of drug-likeness (QED) is 0.586.